The highest BCUT2D eigenvalue weighted by atomic mass is 16.4. The van der Waals surface area contributed by atoms with E-state index in [1.54, 1.807) is 17.0 Å². The molecule has 0 unspecified atom stereocenters. The first-order valence-electron chi connectivity index (χ1n) is 7.13. The quantitative estimate of drug-likeness (QED) is 0.880. The first-order valence-corrected chi connectivity index (χ1v) is 7.13. The van der Waals surface area contributed by atoms with Crippen LogP contribution in [0.2, 0.25) is 0 Å². The molecule has 1 saturated heterocycles. The van der Waals surface area contributed by atoms with Gasteiger partial charge >= 0.3 is 12.0 Å². The summed E-state index contributed by atoms with van der Waals surface area (Å²) in [4.78, 5) is 26.8. The third-order valence-corrected chi connectivity index (χ3v) is 3.48. The Kier molecular flexibility index (Phi) is 5.16. The van der Waals surface area contributed by atoms with Gasteiger partial charge in [0.15, 0.2) is 0 Å². The van der Waals surface area contributed by atoms with Gasteiger partial charge in [0.2, 0.25) is 0 Å². The molecule has 0 atom stereocenters. The molecule has 1 heterocycles. The molecule has 1 aliphatic heterocycles. The smallest absolute Gasteiger partial charge is 0.325 e. The molecule has 1 aliphatic rings. The van der Waals surface area contributed by atoms with Crippen LogP contribution in [0.1, 0.15) is 12.0 Å². The number of hydrogen-bond donors (Lipinski definition) is 2. The zero-order chi connectivity index (χ0) is 15.2. The van der Waals surface area contributed by atoms with E-state index in [4.69, 9.17) is 5.11 Å². The van der Waals surface area contributed by atoms with E-state index < -0.39 is 5.97 Å². The maximum atomic E-state index is 12.6. The van der Waals surface area contributed by atoms with Gasteiger partial charge in [-0.1, -0.05) is 17.7 Å². The molecule has 0 radical (unpaired) electrons. The predicted molar refractivity (Wildman–Crippen MR) is 80.6 cm³/mol. The fraction of sp³-hybridized carbons (Fsp3) is 0.467. The van der Waals surface area contributed by atoms with Gasteiger partial charge in [0.05, 0.1) is 0 Å². The molecule has 0 bridgehead atoms. The molecule has 0 aliphatic carbocycles. The number of urea groups is 1. The van der Waals surface area contributed by atoms with Crippen LogP contribution in [0.25, 0.3) is 0 Å². The van der Waals surface area contributed by atoms with E-state index in [1.165, 1.54) is 4.90 Å². The molecule has 2 amide bonds. The summed E-state index contributed by atoms with van der Waals surface area (Å²) in [5, 5.41) is 12.3. The summed E-state index contributed by atoms with van der Waals surface area (Å²) >= 11 is 0. The standard InChI is InChI=1S/C15H21N3O3/c1-12-3-5-13(6-4-12)18(11-14(19)20)15(21)17-9-2-7-16-8-10-17/h3-6,16H,2,7-11H2,1H3,(H,19,20). The zero-order valence-electron chi connectivity index (χ0n) is 12.2. The van der Waals surface area contributed by atoms with Crippen LogP contribution < -0.4 is 10.2 Å². The summed E-state index contributed by atoms with van der Waals surface area (Å²) in [5.41, 5.74) is 1.69. The number of nitrogens with zero attached hydrogens (tertiary/aromatic N) is 2. The molecule has 6 nitrogen and oxygen atoms in total. The van der Waals surface area contributed by atoms with Crippen LogP contribution in [0.3, 0.4) is 0 Å². The van der Waals surface area contributed by atoms with Gasteiger partial charge in [0, 0.05) is 25.3 Å². The van der Waals surface area contributed by atoms with Crippen molar-refractivity contribution in [2.45, 2.75) is 13.3 Å². The fourth-order valence-electron chi connectivity index (χ4n) is 2.34. The highest BCUT2D eigenvalue weighted by Crippen LogP contribution is 2.17. The van der Waals surface area contributed by atoms with Gasteiger partial charge in [-0.2, -0.15) is 0 Å². The minimum absolute atomic E-state index is 0.245. The molecule has 1 aromatic rings. The van der Waals surface area contributed by atoms with Crippen LogP contribution in [0.15, 0.2) is 24.3 Å². The van der Waals surface area contributed by atoms with Crippen molar-refractivity contribution in [2.75, 3.05) is 37.6 Å². The molecule has 2 rings (SSSR count). The number of carboxylic acid groups (broad SMARTS) is 1. The molecule has 6 heteroatoms. The SMILES string of the molecule is Cc1ccc(N(CC(=O)O)C(=O)N2CCCNCC2)cc1. The van der Waals surface area contributed by atoms with Crippen LogP contribution in [0.5, 0.6) is 0 Å². The third kappa shape index (κ3) is 4.19. The number of rotatable bonds is 3. The maximum absolute atomic E-state index is 12.6. The van der Waals surface area contributed by atoms with E-state index in [0.717, 1.165) is 25.1 Å². The molecular weight excluding hydrogens is 270 g/mol. The predicted octanol–water partition coefficient (Wildman–Crippen LogP) is 1.30. The van der Waals surface area contributed by atoms with Crippen molar-refractivity contribution < 1.29 is 14.7 Å². The Morgan fingerprint density at radius 3 is 2.62 bits per heavy atom. The minimum Gasteiger partial charge on any atom is -0.480 e. The Balaban J connectivity index is 2.19. The summed E-state index contributed by atoms with van der Waals surface area (Å²) in [6, 6.07) is 7.08. The monoisotopic (exact) mass is 291 g/mol. The number of carbonyl (C=O) groups excluding carboxylic acids is 1. The summed E-state index contributed by atoms with van der Waals surface area (Å²) in [7, 11) is 0. The molecular formula is C15H21N3O3. The van der Waals surface area contributed by atoms with Gasteiger partial charge in [0.25, 0.3) is 0 Å². The molecule has 2 N–H and O–H groups in total. The number of carbonyl (C=O) groups is 2. The second kappa shape index (κ2) is 7.08. The zero-order valence-corrected chi connectivity index (χ0v) is 12.2. The van der Waals surface area contributed by atoms with Gasteiger partial charge in [-0.3, -0.25) is 9.69 Å². The normalized spacial score (nSPS) is 15.4. The summed E-state index contributed by atoms with van der Waals surface area (Å²) in [6.07, 6.45) is 0.876. The molecule has 0 spiro atoms. The molecule has 114 valence electrons. The van der Waals surface area contributed by atoms with Crippen molar-refractivity contribution in [3.8, 4) is 0 Å². The second-order valence-corrected chi connectivity index (χ2v) is 5.19. The number of nitrogens with one attached hydrogen (secondary N) is 1. The van der Waals surface area contributed by atoms with E-state index in [-0.39, 0.29) is 12.6 Å². The molecule has 1 fully saturated rings. The lowest BCUT2D eigenvalue weighted by atomic mass is 10.2. The van der Waals surface area contributed by atoms with E-state index in [1.807, 2.05) is 19.1 Å². The van der Waals surface area contributed by atoms with Crippen molar-refractivity contribution in [1.29, 1.82) is 0 Å². The average molecular weight is 291 g/mol. The largest absolute Gasteiger partial charge is 0.480 e. The van der Waals surface area contributed by atoms with Gasteiger partial charge in [-0.15, -0.1) is 0 Å². The van der Waals surface area contributed by atoms with Crippen molar-refractivity contribution in [2.24, 2.45) is 0 Å². The van der Waals surface area contributed by atoms with Crippen molar-refractivity contribution >= 4 is 17.7 Å². The van der Waals surface area contributed by atoms with Crippen LogP contribution in [0, 0.1) is 6.92 Å². The molecule has 21 heavy (non-hydrogen) atoms. The van der Waals surface area contributed by atoms with Gasteiger partial charge in [-0.25, -0.2) is 4.79 Å². The van der Waals surface area contributed by atoms with E-state index >= 15 is 0 Å². The highest BCUT2D eigenvalue weighted by Gasteiger charge is 2.24. The molecule has 1 aromatic carbocycles. The number of aliphatic carboxylic acids is 1. The second-order valence-electron chi connectivity index (χ2n) is 5.19. The van der Waals surface area contributed by atoms with Crippen molar-refractivity contribution in [1.82, 2.24) is 10.2 Å². The molecule has 0 aromatic heterocycles. The van der Waals surface area contributed by atoms with Crippen LogP contribution in [-0.4, -0.2) is 54.7 Å². The van der Waals surface area contributed by atoms with E-state index in [9.17, 15) is 9.59 Å². The maximum Gasteiger partial charge on any atom is 0.325 e. The third-order valence-electron chi connectivity index (χ3n) is 3.48. The number of benzene rings is 1. The number of hydrogen-bond acceptors (Lipinski definition) is 3. The number of aryl methyl sites for hydroxylation is 1. The topological polar surface area (TPSA) is 72.9 Å². The lowest BCUT2D eigenvalue weighted by Crippen LogP contribution is -2.46. The Hall–Kier alpha value is -2.08. The number of anilines is 1. The summed E-state index contributed by atoms with van der Waals surface area (Å²) in [5.74, 6) is -1.02. The van der Waals surface area contributed by atoms with Crippen LogP contribution >= 0.6 is 0 Å². The van der Waals surface area contributed by atoms with Gasteiger partial charge in [0.1, 0.15) is 6.54 Å². The average Bonchev–Trinajstić information content (AvgIpc) is 2.74. The lowest BCUT2D eigenvalue weighted by molar-refractivity contribution is -0.135. The van der Waals surface area contributed by atoms with E-state index in [0.29, 0.717) is 18.8 Å². The van der Waals surface area contributed by atoms with Gasteiger partial charge in [-0.05, 0) is 32.0 Å². The van der Waals surface area contributed by atoms with Crippen LogP contribution in [0.4, 0.5) is 10.5 Å². The summed E-state index contributed by atoms with van der Waals surface area (Å²) < 4.78 is 0. The summed E-state index contributed by atoms with van der Waals surface area (Å²) in [6.45, 7) is 4.49. The van der Waals surface area contributed by atoms with E-state index in [2.05, 4.69) is 5.32 Å². The molecule has 0 saturated carbocycles. The first kappa shape index (κ1) is 15.3. The Morgan fingerprint density at radius 2 is 1.95 bits per heavy atom. The van der Waals surface area contributed by atoms with Gasteiger partial charge < -0.3 is 15.3 Å². The Labute approximate surface area is 124 Å². The minimum atomic E-state index is -1.02. The lowest BCUT2D eigenvalue weighted by Gasteiger charge is -2.28. The van der Waals surface area contributed by atoms with Crippen molar-refractivity contribution in [3.05, 3.63) is 29.8 Å². The number of carboxylic acids is 1. The Bertz CT molecular complexity index is 493. The Morgan fingerprint density at radius 1 is 1.24 bits per heavy atom. The highest BCUT2D eigenvalue weighted by molar-refractivity contribution is 5.96. The fourth-order valence-corrected chi connectivity index (χ4v) is 2.34. The van der Waals surface area contributed by atoms with Crippen LogP contribution in [-0.2, 0) is 4.79 Å². The number of amides is 2. The van der Waals surface area contributed by atoms with Crippen molar-refractivity contribution in [3.63, 3.8) is 0 Å². The first-order chi connectivity index (χ1) is 10.1.